The second kappa shape index (κ2) is 11.5. The summed E-state index contributed by atoms with van der Waals surface area (Å²) in [4.78, 5) is 21.4. The second-order valence-corrected chi connectivity index (χ2v) is 7.83. The summed E-state index contributed by atoms with van der Waals surface area (Å²) in [5, 5.41) is 36.5. The van der Waals surface area contributed by atoms with Crippen LogP contribution in [0.5, 0.6) is 0 Å². The zero-order valence-electron chi connectivity index (χ0n) is 17.2. The lowest BCUT2D eigenvalue weighted by Crippen LogP contribution is -2.54. The molecule has 0 bridgehead atoms. The highest BCUT2D eigenvalue weighted by Gasteiger charge is 2.42. The van der Waals surface area contributed by atoms with E-state index in [-0.39, 0.29) is 25.3 Å². The predicted octanol–water partition coefficient (Wildman–Crippen LogP) is 1.94. The maximum Gasteiger partial charge on any atom is 0.307 e. The highest BCUT2D eigenvalue weighted by molar-refractivity contribution is 5.70. The van der Waals surface area contributed by atoms with Crippen LogP contribution in [0.15, 0.2) is 48.5 Å². The molecule has 1 saturated heterocycles. The highest BCUT2D eigenvalue weighted by atomic mass is 19.1. The summed E-state index contributed by atoms with van der Waals surface area (Å²) in [5.41, 5.74) is 2.00. The molecule has 1 heterocycles. The van der Waals surface area contributed by atoms with Crippen LogP contribution in [-0.2, 0) is 29.0 Å². The molecule has 168 valence electrons. The number of hydrogen-bond donors (Lipinski definition) is 4. The van der Waals surface area contributed by atoms with Crippen molar-refractivity contribution in [3.8, 4) is 0 Å². The van der Waals surface area contributed by atoms with Gasteiger partial charge in [0.15, 0.2) is 0 Å². The third-order valence-electron chi connectivity index (χ3n) is 5.53. The van der Waals surface area contributed by atoms with Gasteiger partial charge in [0.1, 0.15) is 5.82 Å². The maximum absolute atomic E-state index is 13.2. The van der Waals surface area contributed by atoms with Gasteiger partial charge in [-0.2, -0.15) is 0 Å². The van der Waals surface area contributed by atoms with Crippen LogP contribution in [0.25, 0.3) is 0 Å². The van der Waals surface area contributed by atoms with Crippen molar-refractivity contribution < 1.29 is 34.4 Å². The fourth-order valence-electron chi connectivity index (χ4n) is 3.96. The van der Waals surface area contributed by atoms with Gasteiger partial charge < -0.3 is 20.4 Å². The molecule has 0 aliphatic carbocycles. The molecule has 31 heavy (non-hydrogen) atoms. The minimum Gasteiger partial charge on any atom is -0.483 e. The summed E-state index contributed by atoms with van der Waals surface area (Å²) < 4.78 is 13.2. The average molecular weight is 433 g/mol. The van der Waals surface area contributed by atoms with E-state index in [1.807, 2.05) is 24.3 Å². The Morgan fingerprint density at radius 2 is 1.65 bits per heavy atom. The molecule has 0 amide bonds. The number of nitrogens with zero attached hydrogens (tertiary/aromatic N) is 1. The quantitative estimate of drug-likeness (QED) is 0.493. The molecule has 4 N–H and O–H groups in total. The minimum absolute atomic E-state index is 0.00147. The van der Waals surface area contributed by atoms with E-state index >= 15 is 0 Å². The van der Waals surface area contributed by atoms with Crippen LogP contribution in [0, 0.1) is 11.2 Å². The van der Waals surface area contributed by atoms with Crippen molar-refractivity contribution >= 4 is 12.4 Å². The minimum atomic E-state index is -0.855. The van der Waals surface area contributed by atoms with E-state index in [1.165, 1.54) is 12.1 Å². The lowest BCUT2D eigenvalue weighted by atomic mass is 9.73. The second-order valence-electron chi connectivity index (χ2n) is 7.83. The number of aliphatic hydroxyl groups is 2. The van der Waals surface area contributed by atoms with E-state index in [2.05, 4.69) is 4.90 Å². The smallest absolute Gasteiger partial charge is 0.307 e. The summed E-state index contributed by atoms with van der Waals surface area (Å²) in [6, 6.07) is 13.7. The predicted molar refractivity (Wildman–Crippen MR) is 112 cm³/mol. The van der Waals surface area contributed by atoms with Gasteiger partial charge >= 0.3 is 5.97 Å². The van der Waals surface area contributed by atoms with Crippen molar-refractivity contribution in [1.29, 1.82) is 0 Å². The molecule has 2 atom stereocenters. The normalized spacial score (nSPS) is 21.1. The monoisotopic (exact) mass is 433 g/mol. The fourth-order valence-corrected chi connectivity index (χ4v) is 3.96. The molecule has 0 radical (unpaired) electrons. The first-order valence-corrected chi connectivity index (χ1v) is 9.95. The number of carbonyl (C=O) groups is 2. The van der Waals surface area contributed by atoms with Gasteiger partial charge in [-0.15, -0.1) is 0 Å². The number of benzene rings is 2. The Morgan fingerprint density at radius 3 is 2.19 bits per heavy atom. The SMILES string of the molecule is O=C(O)Cc1ccc(CN2CC[C@H](O)[C@@](CO)(Cc3ccc(F)cc3)C2)cc1.O=CO. The molecule has 0 unspecified atom stereocenters. The topological polar surface area (TPSA) is 118 Å². The van der Waals surface area contributed by atoms with Gasteiger partial charge in [0.05, 0.1) is 19.1 Å². The largest absolute Gasteiger partial charge is 0.483 e. The van der Waals surface area contributed by atoms with Crippen molar-refractivity contribution in [1.82, 2.24) is 4.90 Å². The van der Waals surface area contributed by atoms with Gasteiger partial charge in [-0.05, 0) is 41.7 Å². The molecule has 0 spiro atoms. The van der Waals surface area contributed by atoms with Gasteiger partial charge in [0.2, 0.25) is 0 Å². The number of halogens is 1. The Balaban J connectivity index is 0.00000107. The van der Waals surface area contributed by atoms with Gasteiger partial charge in [-0.3, -0.25) is 14.5 Å². The van der Waals surface area contributed by atoms with Crippen LogP contribution in [0.4, 0.5) is 4.39 Å². The van der Waals surface area contributed by atoms with Crippen LogP contribution in [0.2, 0.25) is 0 Å². The number of rotatable bonds is 7. The van der Waals surface area contributed by atoms with E-state index in [1.54, 1.807) is 12.1 Å². The first kappa shape index (κ1) is 24.5. The van der Waals surface area contributed by atoms with Gasteiger partial charge in [-0.1, -0.05) is 36.4 Å². The van der Waals surface area contributed by atoms with Crippen molar-refractivity contribution in [2.45, 2.75) is 31.9 Å². The number of piperidine rings is 1. The van der Waals surface area contributed by atoms with Gasteiger partial charge in [-0.25, -0.2) is 4.39 Å². The van der Waals surface area contributed by atoms with Crippen molar-refractivity contribution in [2.75, 3.05) is 19.7 Å². The van der Waals surface area contributed by atoms with E-state index in [0.29, 0.717) is 32.5 Å². The summed E-state index contributed by atoms with van der Waals surface area (Å²) in [7, 11) is 0. The van der Waals surface area contributed by atoms with Crippen LogP contribution in [-0.4, -0.2) is 63.6 Å². The number of carboxylic acid groups (broad SMARTS) is 2. The number of likely N-dealkylation sites (tertiary alicyclic amines) is 1. The van der Waals surface area contributed by atoms with E-state index in [9.17, 15) is 19.4 Å². The summed E-state index contributed by atoms with van der Waals surface area (Å²) >= 11 is 0. The molecule has 2 aromatic carbocycles. The molecule has 0 aromatic heterocycles. The van der Waals surface area contributed by atoms with Gasteiger partial charge in [0, 0.05) is 25.0 Å². The lowest BCUT2D eigenvalue weighted by molar-refractivity contribution is -0.136. The van der Waals surface area contributed by atoms with Crippen LogP contribution in [0.1, 0.15) is 23.1 Å². The zero-order valence-corrected chi connectivity index (χ0v) is 17.2. The Morgan fingerprint density at radius 1 is 1.10 bits per heavy atom. The van der Waals surface area contributed by atoms with Crippen LogP contribution in [0.3, 0.4) is 0 Å². The first-order chi connectivity index (χ1) is 14.8. The standard InChI is InChI=1S/C22H26FNO4.CH2O2/c23-19-7-5-17(6-8-19)12-22(15-25)14-24(10-9-20(22)26)13-18-3-1-16(2-4-18)11-21(27)28;2-1-3/h1-8,20,25-26H,9-15H2,(H,27,28);1H,(H,2,3)/t20-,22-;/m0./s1. The molecule has 8 heteroatoms. The Bertz CT molecular complexity index is 842. The number of hydrogen-bond acceptors (Lipinski definition) is 5. The molecule has 7 nitrogen and oxygen atoms in total. The van der Waals surface area contributed by atoms with Crippen molar-refractivity contribution in [3.05, 3.63) is 71.0 Å². The first-order valence-electron chi connectivity index (χ1n) is 9.95. The third-order valence-corrected chi connectivity index (χ3v) is 5.53. The summed E-state index contributed by atoms with van der Waals surface area (Å²) in [6.45, 7) is 1.49. The average Bonchev–Trinajstić information content (AvgIpc) is 2.74. The van der Waals surface area contributed by atoms with Gasteiger partial charge in [0.25, 0.3) is 6.47 Å². The number of carboxylic acids is 1. The van der Waals surface area contributed by atoms with Crippen molar-refractivity contribution in [2.24, 2.45) is 5.41 Å². The third kappa shape index (κ3) is 7.13. The Kier molecular flexibility index (Phi) is 9.11. The van der Waals surface area contributed by atoms with Crippen molar-refractivity contribution in [3.63, 3.8) is 0 Å². The lowest BCUT2D eigenvalue weighted by Gasteiger charge is -2.45. The summed E-state index contributed by atoms with van der Waals surface area (Å²) in [6.07, 6.45) is 0.399. The van der Waals surface area contributed by atoms with Crippen LogP contribution >= 0.6 is 0 Å². The van der Waals surface area contributed by atoms with E-state index < -0.39 is 17.5 Å². The zero-order chi connectivity index (χ0) is 22.9. The molecular formula is C23H28FNO6. The molecule has 1 fully saturated rings. The van der Waals surface area contributed by atoms with E-state index in [0.717, 1.165) is 16.7 Å². The number of aliphatic hydroxyl groups excluding tert-OH is 2. The molecule has 0 saturated carbocycles. The molecule has 1 aliphatic rings. The maximum atomic E-state index is 13.2. The fraction of sp³-hybridized carbons (Fsp3) is 0.391. The molecular weight excluding hydrogens is 405 g/mol. The number of aliphatic carboxylic acids is 1. The Labute approximate surface area is 180 Å². The van der Waals surface area contributed by atoms with Crippen LogP contribution < -0.4 is 0 Å². The molecule has 3 rings (SSSR count). The highest BCUT2D eigenvalue weighted by Crippen LogP contribution is 2.34. The van der Waals surface area contributed by atoms with E-state index in [4.69, 9.17) is 15.0 Å². The molecule has 2 aromatic rings. The molecule has 1 aliphatic heterocycles. The Hall–Kier alpha value is -2.81. The summed E-state index contributed by atoms with van der Waals surface area (Å²) in [5.74, 6) is -1.16.